The summed E-state index contributed by atoms with van der Waals surface area (Å²) < 4.78 is 27.2. The molecular weight excluding hydrogens is 306 g/mol. The minimum Gasteiger partial charge on any atom is -0.480 e. The number of aliphatic carboxylic acids is 1. The Morgan fingerprint density at radius 2 is 2.04 bits per heavy atom. The highest BCUT2D eigenvalue weighted by Gasteiger charge is 2.31. The van der Waals surface area contributed by atoms with Crippen LogP contribution < -0.4 is 5.32 Å². The molecule has 2 N–H and O–H groups in total. The molecule has 1 aliphatic heterocycles. The van der Waals surface area contributed by atoms with Crippen molar-refractivity contribution in [3.8, 4) is 0 Å². The number of likely N-dealkylation sites (tertiary alicyclic amines) is 1. The monoisotopic (exact) mass is 326 g/mol. The molecule has 1 aromatic rings. The Kier molecular flexibility index (Phi) is 5.65. The summed E-state index contributed by atoms with van der Waals surface area (Å²) in [7, 11) is 0. The molecule has 0 bridgehead atoms. The van der Waals surface area contributed by atoms with E-state index in [-0.39, 0.29) is 24.4 Å². The highest BCUT2D eigenvalue weighted by Crippen LogP contribution is 2.17. The van der Waals surface area contributed by atoms with Crippen molar-refractivity contribution in [1.29, 1.82) is 0 Å². The number of carboxylic acid groups (broad SMARTS) is 1. The number of nitrogens with zero attached hydrogens (tertiary/aromatic N) is 1. The Morgan fingerprint density at radius 3 is 2.65 bits per heavy atom. The summed E-state index contributed by atoms with van der Waals surface area (Å²) in [6.45, 7) is 2.18. The quantitative estimate of drug-likeness (QED) is 0.832. The highest BCUT2D eigenvalue weighted by molar-refractivity contribution is 5.80. The van der Waals surface area contributed by atoms with Crippen LogP contribution >= 0.6 is 0 Å². The van der Waals surface area contributed by atoms with Gasteiger partial charge in [-0.1, -0.05) is 6.07 Å². The van der Waals surface area contributed by atoms with E-state index in [2.05, 4.69) is 5.32 Å². The molecule has 7 heteroatoms. The molecule has 0 aliphatic carbocycles. The molecule has 0 saturated carbocycles. The molecule has 5 nitrogen and oxygen atoms in total. The predicted octanol–water partition coefficient (Wildman–Crippen LogP) is 1.56. The predicted molar refractivity (Wildman–Crippen MR) is 79.9 cm³/mol. The maximum absolute atomic E-state index is 13.6. The lowest BCUT2D eigenvalue weighted by Gasteiger charge is -2.22. The summed E-state index contributed by atoms with van der Waals surface area (Å²) in [5.74, 6) is -2.56. The fourth-order valence-corrected chi connectivity index (χ4v) is 2.88. The van der Waals surface area contributed by atoms with E-state index in [0.717, 1.165) is 6.42 Å². The standard InChI is InChI=1S/C16H20F2N2O3/c1-10(8-11-12(17)4-2-5-13(11)18)19-15(21)9-20-7-3-6-14(20)16(22)23/h2,4-5,10,14H,3,6-9H2,1H3,(H,19,21)(H,22,23)/t10?,14-/m0/s1. The van der Waals surface area contributed by atoms with Crippen LogP contribution in [0.3, 0.4) is 0 Å². The minimum absolute atomic E-state index is 0.0267. The van der Waals surface area contributed by atoms with Gasteiger partial charge in [0.2, 0.25) is 5.91 Å². The van der Waals surface area contributed by atoms with Gasteiger partial charge < -0.3 is 10.4 Å². The maximum atomic E-state index is 13.6. The van der Waals surface area contributed by atoms with Crippen LogP contribution in [0.1, 0.15) is 25.3 Å². The van der Waals surface area contributed by atoms with Gasteiger partial charge in [-0.2, -0.15) is 0 Å². The van der Waals surface area contributed by atoms with Gasteiger partial charge in [0.05, 0.1) is 6.54 Å². The van der Waals surface area contributed by atoms with Crippen molar-refractivity contribution in [2.24, 2.45) is 0 Å². The molecular formula is C16H20F2N2O3. The third kappa shape index (κ3) is 4.48. The van der Waals surface area contributed by atoms with Gasteiger partial charge in [-0.25, -0.2) is 8.78 Å². The molecule has 2 atom stereocenters. The van der Waals surface area contributed by atoms with Crippen LogP contribution in [-0.2, 0) is 16.0 Å². The molecule has 1 aliphatic rings. The van der Waals surface area contributed by atoms with Crippen LogP contribution in [0, 0.1) is 11.6 Å². The molecule has 0 radical (unpaired) electrons. The molecule has 1 unspecified atom stereocenters. The van der Waals surface area contributed by atoms with Crippen molar-refractivity contribution in [2.75, 3.05) is 13.1 Å². The molecule has 2 rings (SSSR count). The number of hydrogen-bond donors (Lipinski definition) is 2. The third-order valence-corrected chi connectivity index (χ3v) is 3.97. The van der Waals surface area contributed by atoms with Crippen molar-refractivity contribution >= 4 is 11.9 Å². The molecule has 1 aromatic carbocycles. The Labute approximate surface area is 133 Å². The fraction of sp³-hybridized carbons (Fsp3) is 0.500. The number of benzene rings is 1. The van der Waals surface area contributed by atoms with Crippen LogP contribution in [0.2, 0.25) is 0 Å². The van der Waals surface area contributed by atoms with Gasteiger partial charge in [0.25, 0.3) is 0 Å². The zero-order valence-electron chi connectivity index (χ0n) is 12.9. The van der Waals surface area contributed by atoms with Crippen molar-refractivity contribution < 1.29 is 23.5 Å². The summed E-state index contributed by atoms with van der Waals surface area (Å²) in [6.07, 6.45) is 1.30. The van der Waals surface area contributed by atoms with E-state index in [1.165, 1.54) is 18.2 Å². The maximum Gasteiger partial charge on any atom is 0.320 e. The smallest absolute Gasteiger partial charge is 0.320 e. The Hall–Kier alpha value is -2.02. The number of carbonyl (C=O) groups excluding carboxylic acids is 1. The summed E-state index contributed by atoms with van der Waals surface area (Å²) in [4.78, 5) is 24.7. The number of halogens is 2. The van der Waals surface area contributed by atoms with Gasteiger partial charge in [0.15, 0.2) is 0 Å². The Bertz CT molecular complexity index is 574. The number of carboxylic acids is 1. The molecule has 1 amide bonds. The van der Waals surface area contributed by atoms with Gasteiger partial charge in [-0.15, -0.1) is 0 Å². The van der Waals surface area contributed by atoms with E-state index in [9.17, 15) is 18.4 Å². The summed E-state index contributed by atoms with van der Waals surface area (Å²) in [6, 6.07) is 2.54. The SMILES string of the molecule is CC(Cc1c(F)cccc1F)NC(=O)CN1CCC[C@H]1C(=O)O. The van der Waals surface area contributed by atoms with Crippen LogP contribution in [-0.4, -0.2) is 47.1 Å². The lowest BCUT2D eigenvalue weighted by Crippen LogP contribution is -2.45. The summed E-state index contributed by atoms with van der Waals surface area (Å²) in [5, 5.41) is 11.7. The first-order valence-electron chi connectivity index (χ1n) is 7.57. The van der Waals surface area contributed by atoms with Crippen LogP contribution in [0.15, 0.2) is 18.2 Å². The van der Waals surface area contributed by atoms with E-state index in [0.29, 0.717) is 13.0 Å². The first-order valence-corrected chi connectivity index (χ1v) is 7.57. The Balaban J connectivity index is 1.89. The van der Waals surface area contributed by atoms with Gasteiger partial charge in [-0.3, -0.25) is 14.5 Å². The lowest BCUT2D eigenvalue weighted by molar-refractivity contribution is -0.142. The molecule has 1 heterocycles. The van der Waals surface area contributed by atoms with Crippen LogP contribution in [0.5, 0.6) is 0 Å². The minimum atomic E-state index is -0.934. The second-order valence-electron chi connectivity index (χ2n) is 5.84. The molecule has 126 valence electrons. The highest BCUT2D eigenvalue weighted by atomic mass is 19.1. The van der Waals surface area contributed by atoms with Gasteiger partial charge >= 0.3 is 5.97 Å². The van der Waals surface area contributed by atoms with E-state index < -0.39 is 29.7 Å². The number of hydrogen-bond acceptors (Lipinski definition) is 3. The fourth-order valence-electron chi connectivity index (χ4n) is 2.88. The van der Waals surface area contributed by atoms with Crippen molar-refractivity contribution in [1.82, 2.24) is 10.2 Å². The van der Waals surface area contributed by atoms with E-state index in [4.69, 9.17) is 5.11 Å². The van der Waals surface area contributed by atoms with Gasteiger partial charge in [-0.05, 0) is 44.9 Å². The van der Waals surface area contributed by atoms with Crippen LogP contribution in [0.4, 0.5) is 8.78 Å². The van der Waals surface area contributed by atoms with Crippen molar-refractivity contribution in [2.45, 2.75) is 38.3 Å². The number of carbonyl (C=O) groups is 2. The van der Waals surface area contributed by atoms with Gasteiger partial charge in [0.1, 0.15) is 17.7 Å². The van der Waals surface area contributed by atoms with Crippen molar-refractivity contribution in [3.05, 3.63) is 35.4 Å². The van der Waals surface area contributed by atoms with E-state index >= 15 is 0 Å². The zero-order chi connectivity index (χ0) is 17.0. The number of rotatable bonds is 6. The molecule has 0 aromatic heterocycles. The van der Waals surface area contributed by atoms with Crippen molar-refractivity contribution in [3.63, 3.8) is 0 Å². The molecule has 23 heavy (non-hydrogen) atoms. The van der Waals surface area contributed by atoms with E-state index in [1.807, 2.05) is 0 Å². The zero-order valence-corrected chi connectivity index (χ0v) is 12.9. The first-order chi connectivity index (χ1) is 10.9. The molecule has 1 fully saturated rings. The Morgan fingerprint density at radius 1 is 1.39 bits per heavy atom. The largest absolute Gasteiger partial charge is 0.480 e. The second kappa shape index (κ2) is 7.50. The molecule has 1 saturated heterocycles. The second-order valence-corrected chi connectivity index (χ2v) is 5.84. The average molecular weight is 326 g/mol. The normalized spacial score (nSPS) is 19.5. The summed E-state index contributed by atoms with van der Waals surface area (Å²) >= 11 is 0. The van der Waals surface area contributed by atoms with E-state index in [1.54, 1.807) is 11.8 Å². The number of nitrogens with one attached hydrogen (secondary N) is 1. The lowest BCUT2D eigenvalue weighted by atomic mass is 10.1. The summed E-state index contributed by atoms with van der Waals surface area (Å²) in [5.41, 5.74) is -0.0649. The average Bonchev–Trinajstić information content (AvgIpc) is 2.91. The number of amides is 1. The first kappa shape index (κ1) is 17.3. The topological polar surface area (TPSA) is 69.6 Å². The van der Waals surface area contributed by atoms with Gasteiger partial charge in [0, 0.05) is 11.6 Å². The van der Waals surface area contributed by atoms with Crippen LogP contribution in [0.25, 0.3) is 0 Å². The third-order valence-electron chi connectivity index (χ3n) is 3.97. The molecule has 0 spiro atoms.